The Bertz CT molecular complexity index is 656. The van der Waals surface area contributed by atoms with Crippen molar-refractivity contribution in [3.8, 4) is 0 Å². The number of carbonyl (C=O) groups is 3. The second kappa shape index (κ2) is 9.32. The molecule has 0 aromatic carbocycles. The quantitative estimate of drug-likeness (QED) is 0.812. The van der Waals surface area contributed by atoms with Crippen molar-refractivity contribution in [1.29, 1.82) is 0 Å². The van der Waals surface area contributed by atoms with Crippen LogP contribution in [0.1, 0.15) is 35.9 Å². The van der Waals surface area contributed by atoms with Gasteiger partial charge >= 0.3 is 0 Å². The number of thiophene rings is 1. The SMILES string of the molecule is CCNC(=O)CN1CCN(C(=O)C2CCCCN2C(=O)c2cccs2)CC1. The maximum Gasteiger partial charge on any atom is 0.264 e. The zero-order chi connectivity index (χ0) is 19.2. The lowest BCUT2D eigenvalue weighted by molar-refractivity contribution is -0.139. The number of piperazine rings is 1. The lowest BCUT2D eigenvalue weighted by atomic mass is 10.00. The number of nitrogens with zero attached hydrogens (tertiary/aromatic N) is 3. The largest absolute Gasteiger partial charge is 0.355 e. The number of likely N-dealkylation sites (tertiary alicyclic amines) is 1. The Morgan fingerprint density at radius 3 is 2.59 bits per heavy atom. The summed E-state index contributed by atoms with van der Waals surface area (Å²) in [4.78, 5) is 44.0. The molecule has 7 nitrogen and oxygen atoms in total. The second-order valence-electron chi connectivity index (χ2n) is 7.04. The first-order valence-corrected chi connectivity index (χ1v) is 10.6. The van der Waals surface area contributed by atoms with Crippen molar-refractivity contribution in [1.82, 2.24) is 20.0 Å². The predicted octanol–water partition coefficient (Wildman–Crippen LogP) is 1.02. The molecule has 27 heavy (non-hydrogen) atoms. The predicted molar refractivity (Wildman–Crippen MR) is 105 cm³/mol. The van der Waals surface area contributed by atoms with Crippen LogP contribution in [0.5, 0.6) is 0 Å². The Morgan fingerprint density at radius 1 is 1.15 bits per heavy atom. The van der Waals surface area contributed by atoms with Gasteiger partial charge < -0.3 is 15.1 Å². The lowest BCUT2D eigenvalue weighted by Crippen LogP contribution is -2.57. The highest BCUT2D eigenvalue weighted by atomic mass is 32.1. The van der Waals surface area contributed by atoms with Gasteiger partial charge in [-0.25, -0.2) is 0 Å². The van der Waals surface area contributed by atoms with E-state index in [2.05, 4.69) is 10.2 Å². The standard InChI is InChI=1S/C19H28N4O3S/c1-2-20-17(24)14-21-9-11-22(12-10-21)18(25)15-6-3-4-8-23(15)19(26)16-7-5-13-27-16/h5,7,13,15H,2-4,6,8-12,14H2,1H3,(H,20,24). The highest BCUT2D eigenvalue weighted by Crippen LogP contribution is 2.23. The molecule has 2 aliphatic rings. The number of piperidine rings is 1. The van der Waals surface area contributed by atoms with Gasteiger partial charge in [-0.15, -0.1) is 11.3 Å². The Labute approximate surface area is 164 Å². The molecule has 1 N–H and O–H groups in total. The van der Waals surface area contributed by atoms with Gasteiger partial charge in [0.2, 0.25) is 11.8 Å². The van der Waals surface area contributed by atoms with E-state index in [4.69, 9.17) is 0 Å². The number of likely N-dealkylation sites (N-methyl/N-ethyl adjacent to an activating group) is 1. The molecule has 0 radical (unpaired) electrons. The molecular weight excluding hydrogens is 364 g/mol. The highest BCUT2D eigenvalue weighted by molar-refractivity contribution is 7.12. The monoisotopic (exact) mass is 392 g/mol. The van der Waals surface area contributed by atoms with Crippen LogP contribution in [0.2, 0.25) is 0 Å². The topological polar surface area (TPSA) is 73.0 Å². The summed E-state index contributed by atoms with van der Waals surface area (Å²) in [5, 5.41) is 4.70. The van der Waals surface area contributed by atoms with E-state index >= 15 is 0 Å². The first-order valence-electron chi connectivity index (χ1n) is 9.72. The van der Waals surface area contributed by atoms with Crippen LogP contribution in [0, 0.1) is 0 Å². The van der Waals surface area contributed by atoms with Crippen LogP contribution in [-0.2, 0) is 9.59 Å². The van der Waals surface area contributed by atoms with Crippen LogP contribution in [0.15, 0.2) is 17.5 Å². The van der Waals surface area contributed by atoms with Crippen LogP contribution >= 0.6 is 11.3 Å². The molecule has 3 rings (SSSR count). The summed E-state index contributed by atoms with van der Waals surface area (Å²) in [5.41, 5.74) is 0. The van der Waals surface area contributed by atoms with E-state index in [1.165, 1.54) is 11.3 Å². The molecule has 3 amide bonds. The molecule has 8 heteroatoms. The van der Waals surface area contributed by atoms with Crippen LogP contribution in [0.3, 0.4) is 0 Å². The Balaban J connectivity index is 1.58. The number of amides is 3. The molecule has 0 aliphatic carbocycles. The summed E-state index contributed by atoms with van der Waals surface area (Å²) in [6.07, 6.45) is 2.65. The normalized spacial score (nSPS) is 21.1. The van der Waals surface area contributed by atoms with Crippen molar-refractivity contribution in [2.75, 3.05) is 45.8 Å². The summed E-state index contributed by atoms with van der Waals surface area (Å²) < 4.78 is 0. The van der Waals surface area contributed by atoms with Crippen molar-refractivity contribution in [2.24, 2.45) is 0 Å². The summed E-state index contributed by atoms with van der Waals surface area (Å²) in [6, 6.07) is 3.33. The third kappa shape index (κ3) is 4.87. The maximum atomic E-state index is 13.1. The molecule has 1 aromatic rings. The molecule has 2 aliphatic heterocycles. The van der Waals surface area contributed by atoms with Crippen LogP contribution < -0.4 is 5.32 Å². The molecule has 1 unspecified atom stereocenters. The van der Waals surface area contributed by atoms with Gasteiger partial charge in [-0.1, -0.05) is 6.07 Å². The number of carbonyl (C=O) groups excluding carboxylic acids is 3. The first kappa shape index (κ1) is 19.8. The van der Waals surface area contributed by atoms with Gasteiger partial charge in [-0.2, -0.15) is 0 Å². The van der Waals surface area contributed by atoms with E-state index in [0.29, 0.717) is 50.7 Å². The van der Waals surface area contributed by atoms with Gasteiger partial charge in [0, 0.05) is 39.3 Å². The lowest BCUT2D eigenvalue weighted by Gasteiger charge is -2.40. The van der Waals surface area contributed by atoms with E-state index in [9.17, 15) is 14.4 Å². The third-order valence-corrected chi connectivity index (χ3v) is 6.06. The van der Waals surface area contributed by atoms with Crippen molar-refractivity contribution >= 4 is 29.1 Å². The molecule has 1 atom stereocenters. The third-order valence-electron chi connectivity index (χ3n) is 5.21. The molecule has 148 valence electrons. The van der Waals surface area contributed by atoms with Crippen molar-refractivity contribution in [3.63, 3.8) is 0 Å². The Hall–Kier alpha value is -1.93. The molecule has 0 spiro atoms. The molecule has 2 saturated heterocycles. The van der Waals surface area contributed by atoms with E-state index in [0.717, 1.165) is 19.3 Å². The van der Waals surface area contributed by atoms with E-state index in [1.807, 2.05) is 29.3 Å². The zero-order valence-corrected chi connectivity index (χ0v) is 16.7. The summed E-state index contributed by atoms with van der Waals surface area (Å²) in [5.74, 6) is 0.0486. The van der Waals surface area contributed by atoms with E-state index in [1.54, 1.807) is 4.90 Å². The number of rotatable bonds is 5. The minimum absolute atomic E-state index is 0.0253. The van der Waals surface area contributed by atoms with E-state index in [-0.39, 0.29) is 23.8 Å². The summed E-state index contributed by atoms with van der Waals surface area (Å²) >= 11 is 1.42. The average Bonchev–Trinajstić information content (AvgIpc) is 3.22. The van der Waals surface area contributed by atoms with Gasteiger partial charge in [0.05, 0.1) is 11.4 Å². The Morgan fingerprint density at radius 2 is 1.93 bits per heavy atom. The number of hydrogen-bond donors (Lipinski definition) is 1. The molecule has 0 bridgehead atoms. The molecule has 3 heterocycles. The summed E-state index contributed by atoms with van der Waals surface area (Å²) in [6.45, 7) is 6.15. The fourth-order valence-corrected chi connectivity index (χ4v) is 4.45. The van der Waals surface area contributed by atoms with Crippen LogP contribution in [-0.4, -0.2) is 84.3 Å². The van der Waals surface area contributed by atoms with Crippen molar-refractivity contribution < 1.29 is 14.4 Å². The van der Waals surface area contributed by atoms with Crippen molar-refractivity contribution in [3.05, 3.63) is 22.4 Å². The maximum absolute atomic E-state index is 13.1. The fraction of sp³-hybridized carbons (Fsp3) is 0.632. The van der Waals surface area contributed by atoms with Crippen LogP contribution in [0.4, 0.5) is 0 Å². The second-order valence-corrected chi connectivity index (χ2v) is 7.99. The van der Waals surface area contributed by atoms with Gasteiger partial charge in [0.1, 0.15) is 6.04 Å². The van der Waals surface area contributed by atoms with Gasteiger partial charge in [-0.05, 0) is 37.6 Å². The zero-order valence-electron chi connectivity index (χ0n) is 15.9. The smallest absolute Gasteiger partial charge is 0.264 e. The van der Waals surface area contributed by atoms with Gasteiger partial charge in [0.25, 0.3) is 5.91 Å². The fourth-order valence-electron chi connectivity index (χ4n) is 3.77. The average molecular weight is 393 g/mol. The van der Waals surface area contributed by atoms with E-state index < -0.39 is 0 Å². The van der Waals surface area contributed by atoms with Gasteiger partial charge in [-0.3, -0.25) is 19.3 Å². The van der Waals surface area contributed by atoms with Crippen LogP contribution in [0.25, 0.3) is 0 Å². The number of hydrogen-bond acceptors (Lipinski definition) is 5. The Kier molecular flexibility index (Phi) is 6.84. The molecular formula is C19H28N4O3S. The first-order chi connectivity index (χ1) is 13.1. The molecule has 0 saturated carbocycles. The minimum atomic E-state index is -0.358. The number of nitrogens with one attached hydrogen (secondary N) is 1. The van der Waals surface area contributed by atoms with Gasteiger partial charge in [0.15, 0.2) is 0 Å². The summed E-state index contributed by atoms with van der Waals surface area (Å²) in [7, 11) is 0. The molecule has 1 aromatic heterocycles. The highest BCUT2D eigenvalue weighted by Gasteiger charge is 2.36. The molecule has 2 fully saturated rings. The van der Waals surface area contributed by atoms with Crippen molar-refractivity contribution in [2.45, 2.75) is 32.2 Å². The minimum Gasteiger partial charge on any atom is -0.355 e.